The molecule has 1 unspecified atom stereocenters. The SMILES string of the molecule is CCCCC(CC)COc1ccc2c(c1)CC[C@@H]2O. The number of hydrogen-bond donors (Lipinski definition) is 1. The lowest BCUT2D eigenvalue weighted by Crippen LogP contribution is -2.11. The third-order valence-corrected chi connectivity index (χ3v) is 4.19. The summed E-state index contributed by atoms with van der Waals surface area (Å²) in [5.74, 6) is 1.63. The van der Waals surface area contributed by atoms with E-state index in [4.69, 9.17) is 4.74 Å². The quantitative estimate of drug-likeness (QED) is 0.795. The molecule has 0 radical (unpaired) electrons. The van der Waals surface area contributed by atoms with Crippen LogP contribution < -0.4 is 4.74 Å². The Labute approximate surface area is 116 Å². The Morgan fingerprint density at radius 2 is 2.21 bits per heavy atom. The van der Waals surface area contributed by atoms with Crippen LogP contribution in [-0.2, 0) is 6.42 Å². The number of ether oxygens (including phenoxy) is 1. The van der Waals surface area contributed by atoms with Gasteiger partial charge in [0, 0.05) is 0 Å². The second kappa shape index (κ2) is 6.95. The van der Waals surface area contributed by atoms with Gasteiger partial charge in [-0.25, -0.2) is 0 Å². The number of rotatable bonds is 7. The van der Waals surface area contributed by atoms with Crippen molar-refractivity contribution in [1.82, 2.24) is 0 Å². The standard InChI is InChI=1S/C17H26O2/c1-3-5-6-13(4-2)12-19-15-8-9-16-14(11-15)7-10-17(16)18/h8-9,11,13,17-18H,3-7,10,12H2,1-2H3/t13?,17-/m0/s1. The van der Waals surface area contributed by atoms with E-state index in [-0.39, 0.29) is 6.10 Å². The van der Waals surface area contributed by atoms with Crippen LogP contribution in [0.3, 0.4) is 0 Å². The summed E-state index contributed by atoms with van der Waals surface area (Å²) >= 11 is 0. The molecule has 0 spiro atoms. The van der Waals surface area contributed by atoms with Crippen LogP contribution in [0, 0.1) is 5.92 Å². The summed E-state index contributed by atoms with van der Waals surface area (Å²) in [6.45, 7) is 5.29. The van der Waals surface area contributed by atoms with Gasteiger partial charge in [-0.3, -0.25) is 0 Å². The average Bonchev–Trinajstić information content (AvgIpc) is 2.80. The van der Waals surface area contributed by atoms with Crippen LogP contribution in [0.5, 0.6) is 5.75 Å². The van der Waals surface area contributed by atoms with Crippen molar-refractivity contribution in [1.29, 1.82) is 0 Å². The highest BCUT2D eigenvalue weighted by Crippen LogP contribution is 2.33. The van der Waals surface area contributed by atoms with Crippen molar-refractivity contribution in [2.24, 2.45) is 5.92 Å². The van der Waals surface area contributed by atoms with Gasteiger partial charge in [-0.05, 0) is 48.4 Å². The Bertz CT molecular complexity index is 400. The number of aryl methyl sites for hydroxylation is 1. The van der Waals surface area contributed by atoms with Gasteiger partial charge in [0.25, 0.3) is 0 Å². The van der Waals surface area contributed by atoms with Crippen LogP contribution in [0.2, 0.25) is 0 Å². The monoisotopic (exact) mass is 262 g/mol. The molecule has 2 heteroatoms. The van der Waals surface area contributed by atoms with Gasteiger partial charge in [0.05, 0.1) is 12.7 Å². The normalized spacial score (nSPS) is 19.2. The molecule has 0 saturated carbocycles. The van der Waals surface area contributed by atoms with E-state index >= 15 is 0 Å². The molecule has 1 aliphatic rings. The molecule has 0 fully saturated rings. The van der Waals surface area contributed by atoms with E-state index < -0.39 is 0 Å². The third-order valence-electron chi connectivity index (χ3n) is 4.19. The van der Waals surface area contributed by atoms with Crippen LogP contribution in [0.4, 0.5) is 0 Å². The Hall–Kier alpha value is -1.02. The molecule has 1 N–H and O–H groups in total. The molecule has 1 aromatic rings. The summed E-state index contributed by atoms with van der Waals surface area (Å²) < 4.78 is 5.93. The van der Waals surface area contributed by atoms with Crippen LogP contribution in [0.15, 0.2) is 18.2 Å². The van der Waals surface area contributed by atoms with Crippen LogP contribution >= 0.6 is 0 Å². The topological polar surface area (TPSA) is 29.5 Å². The summed E-state index contributed by atoms with van der Waals surface area (Å²) in [4.78, 5) is 0. The van der Waals surface area contributed by atoms with E-state index in [2.05, 4.69) is 19.9 Å². The van der Waals surface area contributed by atoms with Gasteiger partial charge in [0.15, 0.2) is 0 Å². The number of hydrogen-bond acceptors (Lipinski definition) is 2. The summed E-state index contributed by atoms with van der Waals surface area (Å²) in [7, 11) is 0. The highest BCUT2D eigenvalue weighted by molar-refractivity contribution is 5.39. The zero-order chi connectivity index (χ0) is 13.7. The fraction of sp³-hybridized carbons (Fsp3) is 0.647. The summed E-state index contributed by atoms with van der Waals surface area (Å²) in [6.07, 6.45) is 6.55. The van der Waals surface area contributed by atoms with Crippen molar-refractivity contribution in [3.05, 3.63) is 29.3 Å². The number of benzene rings is 1. The molecule has 0 saturated heterocycles. The molecule has 2 atom stereocenters. The minimum Gasteiger partial charge on any atom is -0.493 e. The van der Waals surface area contributed by atoms with Gasteiger partial charge >= 0.3 is 0 Å². The molecular formula is C17H26O2. The predicted octanol–water partition coefficient (Wildman–Crippen LogP) is 4.26. The second-order valence-corrected chi connectivity index (χ2v) is 5.64. The number of aliphatic hydroxyl groups is 1. The van der Waals surface area contributed by atoms with Crippen molar-refractivity contribution < 1.29 is 9.84 Å². The lowest BCUT2D eigenvalue weighted by Gasteiger charge is -2.16. The van der Waals surface area contributed by atoms with Crippen LogP contribution in [0.1, 0.15) is 63.2 Å². The van der Waals surface area contributed by atoms with E-state index in [0.717, 1.165) is 30.8 Å². The zero-order valence-corrected chi connectivity index (χ0v) is 12.2. The van der Waals surface area contributed by atoms with Crippen LogP contribution in [0.25, 0.3) is 0 Å². The fourth-order valence-corrected chi connectivity index (χ4v) is 2.77. The second-order valence-electron chi connectivity index (χ2n) is 5.64. The van der Waals surface area contributed by atoms with Crippen molar-refractivity contribution in [2.45, 2.75) is 58.5 Å². The first-order valence-corrected chi connectivity index (χ1v) is 7.68. The first-order valence-electron chi connectivity index (χ1n) is 7.68. The van der Waals surface area contributed by atoms with E-state index in [1.54, 1.807) is 0 Å². The molecule has 1 aliphatic carbocycles. The van der Waals surface area contributed by atoms with E-state index in [9.17, 15) is 5.11 Å². The summed E-state index contributed by atoms with van der Waals surface area (Å²) in [5.41, 5.74) is 2.34. The lowest BCUT2D eigenvalue weighted by atomic mass is 10.0. The zero-order valence-electron chi connectivity index (χ0n) is 12.2. The fourth-order valence-electron chi connectivity index (χ4n) is 2.77. The average molecular weight is 262 g/mol. The van der Waals surface area contributed by atoms with Crippen molar-refractivity contribution in [3.63, 3.8) is 0 Å². The van der Waals surface area contributed by atoms with Gasteiger partial charge in [0.1, 0.15) is 5.75 Å². The highest BCUT2D eigenvalue weighted by Gasteiger charge is 2.20. The van der Waals surface area contributed by atoms with Gasteiger partial charge in [-0.2, -0.15) is 0 Å². The Kier molecular flexibility index (Phi) is 5.26. The predicted molar refractivity (Wildman–Crippen MR) is 78.5 cm³/mol. The first kappa shape index (κ1) is 14.4. The number of aliphatic hydroxyl groups excluding tert-OH is 1. The molecule has 106 valence electrons. The minimum atomic E-state index is -0.267. The molecule has 1 aromatic carbocycles. The maximum atomic E-state index is 9.78. The molecular weight excluding hydrogens is 236 g/mol. The van der Waals surface area contributed by atoms with Crippen LogP contribution in [-0.4, -0.2) is 11.7 Å². The number of unbranched alkanes of at least 4 members (excludes halogenated alkanes) is 1. The van der Waals surface area contributed by atoms with Gasteiger partial charge in [-0.1, -0.05) is 39.2 Å². The Morgan fingerprint density at radius 1 is 1.37 bits per heavy atom. The summed E-state index contributed by atoms with van der Waals surface area (Å²) in [5, 5.41) is 9.78. The number of fused-ring (bicyclic) bond motifs is 1. The van der Waals surface area contributed by atoms with E-state index in [1.807, 2.05) is 12.1 Å². The third kappa shape index (κ3) is 3.73. The molecule has 2 rings (SSSR count). The Morgan fingerprint density at radius 3 is 2.95 bits per heavy atom. The molecule has 19 heavy (non-hydrogen) atoms. The van der Waals surface area contributed by atoms with E-state index in [0.29, 0.717) is 5.92 Å². The highest BCUT2D eigenvalue weighted by atomic mass is 16.5. The smallest absolute Gasteiger partial charge is 0.119 e. The van der Waals surface area contributed by atoms with Gasteiger partial charge in [-0.15, -0.1) is 0 Å². The Balaban J connectivity index is 1.89. The minimum absolute atomic E-state index is 0.267. The molecule has 2 nitrogen and oxygen atoms in total. The largest absolute Gasteiger partial charge is 0.493 e. The maximum absolute atomic E-state index is 9.78. The summed E-state index contributed by atoms with van der Waals surface area (Å²) in [6, 6.07) is 6.13. The molecule has 0 amide bonds. The molecule has 0 bridgehead atoms. The van der Waals surface area contributed by atoms with Gasteiger partial charge in [0.2, 0.25) is 0 Å². The molecule has 0 aliphatic heterocycles. The van der Waals surface area contributed by atoms with Gasteiger partial charge < -0.3 is 9.84 Å². The first-order chi connectivity index (χ1) is 9.24. The lowest BCUT2D eigenvalue weighted by molar-refractivity contribution is 0.180. The van der Waals surface area contributed by atoms with E-state index in [1.165, 1.54) is 31.2 Å². The maximum Gasteiger partial charge on any atom is 0.119 e. The van der Waals surface area contributed by atoms with Crippen molar-refractivity contribution >= 4 is 0 Å². The molecule has 0 aromatic heterocycles. The van der Waals surface area contributed by atoms with Crippen molar-refractivity contribution in [3.8, 4) is 5.75 Å². The molecule has 0 heterocycles. The van der Waals surface area contributed by atoms with Crippen molar-refractivity contribution in [2.75, 3.05) is 6.61 Å².